The predicted octanol–water partition coefficient (Wildman–Crippen LogP) is 2.79. The molecule has 104 valence electrons. The van der Waals surface area contributed by atoms with Gasteiger partial charge in [0.1, 0.15) is 0 Å². The summed E-state index contributed by atoms with van der Waals surface area (Å²) >= 11 is 0. The monoisotopic (exact) mass is 279 g/mol. The first-order valence-electron chi connectivity index (χ1n) is 6.51. The van der Waals surface area contributed by atoms with Crippen molar-refractivity contribution >= 4 is 23.1 Å². The summed E-state index contributed by atoms with van der Waals surface area (Å²) < 4.78 is 0. The van der Waals surface area contributed by atoms with Gasteiger partial charge in [-0.25, -0.2) is 4.79 Å². The number of carboxylic acids is 1. The van der Waals surface area contributed by atoms with E-state index < -0.39 is 5.97 Å². The Morgan fingerprint density at radius 2 is 1.57 bits per heavy atom. The number of benzene rings is 2. The minimum Gasteiger partial charge on any atom is -0.478 e. The number of hydrogen-bond donors (Lipinski definition) is 1. The maximum absolute atomic E-state index is 12.6. The minimum absolute atomic E-state index is 0.146. The van der Waals surface area contributed by atoms with Crippen molar-refractivity contribution in [2.75, 3.05) is 11.9 Å². The summed E-state index contributed by atoms with van der Waals surface area (Å²) in [5.41, 5.74) is 3.13. The zero-order valence-corrected chi connectivity index (χ0v) is 11.4. The van der Waals surface area contributed by atoms with E-state index in [1.807, 2.05) is 24.3 Å². The Morgan fingerprint density at radius 3 is 2.24 bits per heavy atom. The Hall–Kier alpha value is -2.88. The molecule has 2 aromatic carbocycles. The zero-order chi connectivity index (χ0) is 15.0. The molecule has 1 N–H and O–H groups in total. The first-order valence-corrected chi connectivity index (χ1v) is 6.51. The summed E-state index contributed by atoms with van der Waals surface area (Å²) in [7, 11) is 1.70. The van der Waals surface area contributed by atoms with Crippen LogP contribution < -0.4 is 4.90 Å². The van der Waals surface area contributed by atoms with Crippen LogP contribution in [0, 0.1) is 0 Å². The van der Waals surface area contributed by atoms with Crippen molar-refractivity contribution in [3.05, 3.63) is 71.3 Å². The van der Waals surface area contributed by atoms with Gasteiger partial charge in [0.25, 0.3) is 5.91 Å². The Labute approximate surface area is 121 Å². The van der Waals surface area contributed by atoms with Crippen LogP contribution in [0.1, 0.15) is 21.5 Å². The molecule has 1 heterocycles. The molecule has 1 aliphatic rings. The van der Waals surface area contributed by atoms with E-state index in [1.54, 1.807) is 36.2 Å². The minimum atomic E-state index is -1.04. The van der Waals surface area contributed by atoms with Gasteiger partial charge in [0.2, 0.25) is 0 Å². The lowest BCUT2D eigenvalue weighted by Gasteiger charge is -2.17. The van der Waals surface area contributed by atoms with Crippen LogP contribution >= 0.6 is 0 Å². The standard InChI is InChI=1S/C17H13NO3/c1-18-15-9-5-4-7-12(15)14(10-16(19)20)11-6-2-3-8-13(11)17(18)21/h2-10H,1H3,(H,19,20)/b14-10-. The number of aliphatic carboxylic acids is 1. The summed E-state index contributed by atoms with van der Waals surface area (Å²) in [4.78, 5) is 25.3. The molecule has 1 amide bonds. The van der Waals surface area contributed by atoms with E-state index in [0.29, 0.717) is 22.4 Å². The molecular formula is C17H13NO3. The maximum atomic E-state index is 12.6. The molecule has 0 bridgehead atoms. The van der Waals surface area contributed by atoms with Crippen LogP contribution in [-0.2, 0) is 4.79 Å². The summed E-state index contributed by atoms with van der Waals surface area (Å²) in [5.74, 6) is -1.18. The average molecular weight is 279 g/mol. The van der Waals surface area contributed by atoms with Crippen molar-refractivity contribution < 1.29 is 14.7 Å². The number of carboxylic acid groups (broad SMARTS) is 1. The van der Waals surface area contributed by atoms with Gasteiger partial charge < -0.3 is 10.0 Å². The molecule has 0 aliphatic carbocycles. The number of anilines is 1. The highest BCUT2D eigenvalue weighted by Crippen LogP contribution is 2.37. The lowest BCUT2D eigenvalue weighted by Crippen LogP contribution is -2.25. The van der Waals surface area contributed by atoms with Crippen molar-refractivity contribution in [3.63, 3.8) is 0 Å². The number of para-hydroxylation sites is 1. The number of carbonyl (C=O) groups excluding carboxylic acids is 1. The third-order valence-corrected chi connectivity index (χ3v) is 3.58. The second-order valence-corrected chi connectivity index (χ2v) is 4.82. The first kappa shape index (κ1) is 13.1. The van der Waals surface area contributed by atoms with Gasteiger partial charge in [-0.05, 0) is 23.3 Å². The van der Waals surface area contributed by atoms with Gasteiger partial charge in [0, 0.05) is 24.3 Å². The second-order valence-electron chi connectivity index (χ2n) is 4.82. The summed E-state index contributed by atoms with van der Waals surface area (Å²) in [5, 5.41) is 9.17. The molecule has 0 spiro atoms. The number of rotatable bonds is 1. The van der Waals surface area contributed by atoms with Crippen LogP contribution in [0.3, 0.4) is 0 Å². The van der Waals surface area contributed by atoms with E-state index in [-0.39, 0.29) is 5.91 Å². The third kappa shape index (κ3) is 2.10. The van der Waals surface area contributed by atoms with Gasteiger partial charge >= 0.3 is 5.97 Å². The molecule has 0 unspecified atom stereocenters. The molecule has 21 heavy (non-hydrogen) atoms. The Kier molecular flexibility index (Phi) is 3.06. The van der Waals surface area contributed by atoms with Gasteiger partial charge in [-0.2, -0.15) is 0 Å². The zero-order valence-electron chi connectivity index (χ0n) is 11.4. The molecular weight excluding hydrogens is 266 g/mol. The molecule has 4 nitrogen and oxygen atoms in total. The lowest BCUT2D eigenvalue weighted by molar-refractivity contribution is -0.131. The van der Waals surface area contributed by atoms with Crippen molar-refractivity contribution in [3.8, 4) is 0 Å². The van der Waals surface area contributed by atoms with Gasteiger partial charge in [0.15, 0.2) is 0 Å². The van der Waals surface area contributed by atoms with E-state index in [4.69, 9.17) is 5.11 Å². The molecule has 4 heteroatoms. The van der Waals surface area contributed by atoms with Gasteiger partial charge in [-0.1, -0.05) is 36.4 Å². The Balaban J connectivity index is 2.40. The van der Waals surface area contributed by atoms with Crippen LogP contribution in [0.2, 0.25) is 0 Å². The summed E-state index contributed by atoms with van der Waals surface area (Å²) in [6.07, 6.45) is 1.16. The average Bonchev–Trinajstić information content (AvgIpc) is 2.58. The predicted molar refractivity (Wildman–Crippen MR) is 80.3 cm³/mol. The highest BCUT2D eigenvalue weighted by Gasteiger charge is 2.26. The molecule has 3 rings (SSSR count). The van der Waals surface area contributed by atoms with E-state index in [9.17, 15) is 9.59 Å². The number of fused-ring (bicyclic) bond motifs is 2. The highest BCUT2D eigenvalue weighted by atomic mass is 16.4. The van der Waals surface area contributed by atoms with Crippen molar-refractivity contribution in [2.45, 2.75) is 0 Å². The topological polar surface area (TPSA) is 57.6 Å². The Bertz CT molecular complexity index is 777. The summed E-state index contributed by atoms with van der Waals surface area (Å²) in [6, 6.07) is 14.4. The smallest absolute Gasteiger partial charge is 0.328 e. The molecule has 1 aliphatic heterocycles. The fraction of sp³-hybridized carbons (Fsp3) is 0.0588. The van der Waals surface area contributed by atoms with E-state index in [1.165, 1.54) is 0 Å². The second kappa shape index (κ2) is 4.90. The van der Waals surface area contributed by atoms with Gasteiger partial charge in [-0.15, -0.1) is 0 Å². The number of nitrogens with zero attached hydrogens (tertiary/aromatic N) is 1. The number of carbonyl (C=O) groups is 2. The molecule has 2 aromatic rings. The molecule has 0 fully saturated rings. The van der Waals surface area contributed by atoms with Crippen molar-refractivity contribution in [1.29, 1.82) is 0 Å². The lowest BCUT2D eigenvalue weighted by atomic mass is 9.94. The number of amides is 1. The molecule has 0 atom stereocenters. The normalized spacial score (nSPS) is 15.4. The fourth-order valence-electron chi connectivity index (χ4n) is 2.61. The molecule has 0 saturated carbocycles. The summed E-state index contributed by atoms with van der Waals surface area (Å²) in [6.45, 7) is 0. The Morgan fingerprint density at radius 1 is 1.00 bits per heavy atom. The van der Waals surface area contributed by atoms with E-state index >= 15 is 0 Å². The van der Waals surface area contributed by atoms with E-state index in [0.717, 1.165) is 11.6 Å². The van der Waals surface area contributed by atoms with Crippen LogP contribution in [-0.4, -0.2) is 24.0 Å². The van der Waals surface area contributed by atoms with E-state index in [2.05, 4.69) is 0 Å². The maximum Gasteiger partial charge on any atom is 0.328 e. The van der Waals surface area contributed by atoms with Crippen LogP contribution in [0.15, 0.2) is 54.6 Å². The highest BCUT2D eigenvalue weighted by molar-refractivity contribution is 6.15. The molecule has 0 radical (unpaired) electrons. The third-order valence-electron chi connectivity index (χ3n) is 3.58. The largest absolute Gasteiger partial charge is 0.478 e. The first-order chi connectivity index (χ1) is 10.1. The fourth-order valence-corrected chi connectivity index (χ4v) is 2.61. The van der Waals surface area contributed by atoms with Crippen molar-refractivity contribution in [2.24, 2.45) is 0 Å². The SMILES string of the molecule is CN1C(=O)c2ccccc2/C(=C/C(=O)O)c2ccccc21. The number of hydrogen-bond acceptors (Lipinski definition) is 2. The van der Waals surface area contributed by atoms with Crippen LogP contribution in [0.5, 0.6) is 0 Å². The van der Waals surface area contributed by atoms with Gasteiger partial charge in [0.05, 0.1) is 5.69 Å². The van der Waals surface area contributed by atoms with Gasteiger partial charge in [-0.3, -0.25) is 4.79 Å². The van der Waals surface area contributed by atoms with Crippen LogP contribution in [0.4, 0.5) is 5.69 Å². The van der Waals surface area contributed by atoms with Crippen LogP contribution in [0.25, 0.3) is 5.57 Å². The molecule has 0 saturated heterocycles. The van der Waals surface area contributed by atoms with Crippen molar-refractivity contribution in [1.82, 2.24) is 0 Å². The molecule has 0 aromatic heterocycles. The quantitative estimate of drug-likeness (QED) is 0.817.